The SMILES string of the molecule is CC1CN(c2ccc(CNC(=O)CN3CCC(c4nc5c(s4)CCC5)CC3)cc2F)CC(C)O1. The number of aromatic nitrogens is 1. The van der Waals surface area contributed by atoms with Crippen LogP contribution >= 0.6 is 11.3 Å². The van der Waals surface area contributed by atoms with E-state index in [1.165, 1.54) is 34.5 Å². The normalized spacial score (nSPS) is 23.8. The topological polar surface area (TPSA) is 57.7 Å². The molecule has 5 rings (SSSR count). The van der Waals surface area contributed by atoms with Gasteiger partial charge in [0.05, 0.1) is 35.1 Å². The Kier molecular flexibility index (Phi) is 7.18. The number of likely N-dealkylation sites (tertiary alicyclic amines) is 1. The van der Waals surface area contributed by atoms with Gasteiger partial charge in [-0.3, -0.25) is 9.69 Å². The number of anilines is 1. The fourth-order valence-electron chi connectivity index (χ4n) is 5.47. The molecular weight excluding hydrogens is 451 g/mol. The maximum atomic E-state index is 14.8. The first-order chi connectivity index (χ1) is 16.4. The lowest BCUT2D eigenvalue weighted by Gasteiger charge is -2.37. The number of carbonyl (C=O) groups excluding carboxylic acids is 1. The molecule has 1 aliphatic carbocycles. The fraction of sp³-hybridized carbons (Fsp3) is 0.615. The highest BCUT2D eigenvalue weighted by atomic mass is 32.1. The number of rotatable bonds is 6. The van der Waals surface area contributed by atoms with Gasteiger partial charge in [0.1, 0.15) is 5.82 Å². The maximum absolute atomic E-state index is 14.8. The number of aryl methyl sites for hydroxylation is 2. The summed E-state index contributed by atoms with van der Waals surface area (Å²) in [6.07, 6.45) is 5.87. The molecule has 6 nitrogen and oxygen atoms in total. The number of amides is 1. The van der Waals surface area contributed by atoms with Crippen molar-refractivity contribution < 1.29 is 13.9 Å². The van der Waals surface area contributed by atoms with E-state index in [1.54, 1.807) is 0 Å². The van der Waals surface area contributed by atoms with Crippen molar-refractivity contribution in [3.63, 3.8) is 0 Å². The number of hydrogen-bond donors (Lipinski definition) is 1. The number of carbonyl (C=O) groups is 1. The molecule has 34 heavy (non-hydrogen) atoms. The lowest BCUT2D eigenvalue weighted by Crippen LogP contribution is -2.45. The predicted molar refractivity (Wildman–Crippen MR) is 133 cm³/mol. The van der Waals surface area contributed by atoms with Crippen molar-refractivity contribution in [2.24, 2.45) is 0 Å². The first-order valence-electron chi connectivity index (χ1n) is 12.6. The van der Waals surface area contributed by atoms with E-state index in [9.17, 15) is 9.18 Å². The van der Waals surface area contributed by atoms with E-state index in [-0.39, 0.29) is 23.9 Å². The molecule has 2 unspecified atom stereocenters. The number of benzene rings is 1. The molecule has 1 amide bonds. The molecule has 3 aliphatic rings. The molecule has 2 atom stereocenters. The van der Waals surface area contributed by atoms with Crippen LogP contribution in [0.15, 0.2) is 18.2 Å². The van der Waals surface area contributed by atoms with Crippen molar-refractivity contribution in [2.45, 2.75) is 70.6 Å². The Bertz CT molecular complexity index is 989. The van der Waals surface area contributed by atoms with Crippen molar-refractivity contribution in [2.75, 3.05) is 37.6 Å². The Hall–Kier alpha value is -2.03. The van der Waals surface area contributed by atoms with E-state index in [4.69, 9.17) is 9.72 Å². The van der Waals surface area contributed by atoms with Crippen LogP contribution in [0.1, 0.15) is 60.2 Å². The predicted octanol–water partition coefficient (Wildman–Crippen LogP) is 3.88. The summed E-state index contributed by atoms with van der Waals surface area (Å²) < 4.78 is 20.6. The minimum absolute atomic E-state index is 0.00742. The van der Waals surface area contributed by atoms with E-state index in [1.807, 2.05) is 42.2 Å². The zero-order valence-electron chi connectivity index (χ0n) is 20.2. The number of thiazole rings is 1. The van der Waals surface area contributed by atoms with Crippen LogP contribution in [-0.2, 0) is 28.9 Å². The summed E-state index contributed by atoms with van der Waals surface area (Å²) in [5.41, 5.74) is 2.71. The smallest absolute Gasteiger partial charge is 0.234 e. The van der Waals surface area contributed by atoms with Gasteiger partial charge < -0.3 is 15.0 Å². The van der Waals surface area contributed by atoms with Gasteiger partial charge in [-0.15, -0.1) is 11.3 Å². The van der Waals surface area contributed by atoms with Crippen molar-refractivity contribution in [1.82, 2.24) is 15.2 Å². The minimum atomic E-state index is -0.247. The van der Waals surface area contributed by atoms with Gasteiger partial charge >= 0.3 is 0 Å². The van der Waals surface area contributed by atoms with Crippen molar-refractivity contribution in [3.8, 4) is 0 Å². The molecule has 8 heteroatoms. The first kappa shape index (κ1) is 23.7. The summed E-state index contributed by atoms with van der Waals surface area (Å²) in [5.74, 6) is 0.282. The molecule has 1 N–H and O–H groups in total. The van der Waals surface area contributed by atoms with Gasteiger partial charge in [0.25, 0.3) is 0 Å². The van der Waals surface area contributed by atoms with Crippen LogP contribution < -0.4 is 10.2 Å². The van der Waals surface area contributed by atoms with Crippen LogP contribution in [0.4, 0.5) is 10.1 Å². The molecule has 2 fully saturated rings. The highest BCUT2D eigenvalue weighted by Gasteiger charge is 2.27. The summed E-state index contributed by atoms with van der Waals surface area (Å²) in [5, 5.41) is 4.27. The number of morpholine rings is 1. The molecule has 2 aliphatic heterocycles. The van der Waals surface area contributed by atoms with Crippen LogP contribution in [0.2, 0.25) is 0 Å². The number of piperidine rings is 1. The highest BCUT2D eigenvalue weighted by Crippen LogP contribution is 2.35. The van der Waals surface area contributed by atoms with E-state index in [0.717, 1.165) is 37.9 Å². The minimum Gasteiger partial charge on any atom is -0.372 e. The summed E-state index contributed by atoms with van der Waals surface area (Å²) in [6.45, 7) is 7.95. The zero-order valence-corrected chi connectivity index (χ0v) is 21.0. The van der Waals surface area contributed by atoms with Crippen LogP contribution in [-0.4, -0.2) is 60.7 Å². The molecule has 3 heterocycles. The van der Waals surface area contributed by atoms with E-state index >= 15 is 0 Å². The Balaban J connectivity index is 1.07. The van der Waals surface area contributed by atoms with E-state index in [0.29, 0.717) is 37.8 Å². The van der Waals surface area contributed by atoms with Crippen molar-refractivity contribution in [3.05, 3.63) is 45.2 Å². The van der Waals surface area contributed by atoms with Crippen molar-refractivity contribution >= 4 is 22.9 Å². The Morgan fingerprint density at radius 2 is 1.97 bits per heavy atom. The highest BCUT2D eigenvalue weighted by molar-refractivity contribution is 7.11. The molecule has 0 radical (unpaired) electrons. The summed E-state index contributed by atoms with van der Waals surface area (Å²) >= 11 is 1.91. The number of nitrogens with one attached hydrogen (secondary N) is 1. The van der Waals surface area contributed by atoms with Crippen LogP contribution in [0.5, 0.6) is 0 Å². The fourth-order valence-corrected chi connectivity index (χ4v) is 6.80. The summed E-state index contributed by atoms with van der Waals surface area (Å²) in [4.78, 5) is 23.2. The van der Waals surface area contributed by atoms with Gasteiger partial charge in [0.15, 0.2) is 0 Å². The van der Waals surface area contributed by atoms with Gasteiger partial charge in [-0.1, -0.05) is 6.07 Å². The third-order valence-electron chi connectivity index (χ3n) is 7.18. The zero-order chi connectivity index (χ0) is 23.7. The average Bonchev–Trinajstić information content (AvgIpc) is 3.40. The monoisotopic (exact) mass is 486 g/mol. The molecule has 0 saturated carbocycles. The van der Waals surface area contributed by atoms with Gasteiger partial charge in [0, 0.05) is 30.4 Å². The van der Waals surface area contributed by atoms with Crippen LogP contribution in [0.25, 0.3) is 0 Å². The first-order valence-corrected chi connectivity index (χ1v) is 13.4. The molecular formula is C26H35FN4O2S. The lowest BCUT2D eigenvalue weighted by atomic mass is 9.97. The number of ether oxygens (including phenoxy) is 1. The number of hydrogen-bond acceptors (Lipinski definition) is 6. The van der Waals surface area contributed by atoms with Gasteiger partial charge in [-0.2, -0.15) is 0 Å². The molecule has 184 valence electrons. The Labute approximate surface area is 205 Å². The Morgan fingerprint density at radius 3 is 2.68 bits per heavy atom. The summed E-state index contributed by atoms with van der Waals surface area (Å²) in [6, 6.07) is 5.26. The molecule has 2 saturated heterocycles. The van der Waals surface area contributed by atoms with Crippen molar-refractivity contribution in [1.29, 1.82) is 0 Å². The van der Waals surface area contributed by atoms with Gasteiger partial charge in [0.2, 0.25) is 5.91 Å². The molecule has 0 bridgehead atoms. The Morgan fingerprint density at radius 1 is 1.21 bits per heavy atom. The number of nitrogens with zero attached hydrogens (tertiary/aromatic N) is 3. The van der Waals surface area contributed by atoms with Gasteiger partial charge in [-0.25, -0.2) is 9.37 Å². The standard InChI is InChI=1S/C26H35FN4O2S/c1-17-14-31(15-18(2)33-17)23-7-6-19(12-21(23)27)13-28-25(32)16-30-10-8-20(9-11-30)26-29-22-4-3-5-24(22)34-26/h6-7,12,17-18,20H,3-5,8-11,13-16H2,1-2H3,(H,28,32). The summed E-state index contributed by atoms with van der Waals surface area (Å²) in [7, 11) is 0. The largest absolute Gasteiger partial charge is 0.372 e. The third-order valence-corrected chi connectivity index (χ3v) is 8.50. The second-order valence-electron chi connectivity index (χ2n) is 10.1. The molecule has 1 aromatic carbocycles. The second kappa shape index (κ2) is 10.3. The number of fused-ring (bicyclic) bond motifs is 1. The third kappa shape index (κ3) is 5.44. The van der Waals surface area contributed by atoms with E-state index in [2.05, 4.69) is 10.2 Å². The number of halogens is 1. The molecule has 2 aromatic rings. The van der Waals surface area contributed by atoms with Crippen LogP contribution in [0.3, 0.4) is 0 Å². The van der Waals surface area contributed by atoms with Gasteiger partial charge in [-0.05, 0) is 76.7 Å². The van der Waals surface area contributed by atoms with E-state index < -0.39 is 0 Å². The maximum Gasteiger partial charge on any atom is 0.234 e. The van der Waals surface area contributed by atoms with Crippen LogP contribution in [0, 0.1) is 5.82 Å². The molecule has 1 aromatic heterocycles. The quantitative estimate of drug-likeness (QED) is 0.672. The second-order valence-corrected chi connectivity index (χ2v) is 11.2. The lowest BCUT2D eigenvalue weighted by molar-refractivity contribution is -0.122. The molecule has 0 spiro atoms. The average molecular weight is 487 g/mol.